The largest absolute Gasteiger partial charge is 0.445 e. The molecule has 1 aromatic carbocycles. The molecule has 0 saturated carbocycles. The second kappa shape index (κ2) is 11.4. The minimum Gasteiger partial charge on any atom is -0.445 e. The molecule has 2 rings (SSSR count). The van der Waals surface area contributed by atoms with Crippen LogP contribution in [-0.4, -0.2) is 53.3 Å². The first-order chi connectivity index (χ1) is 15.7. The predicted octanol–water partition coefficient (Wildman–Crippen LogP) is 5.14. The topological polar surface area (TPSA) is 107 Å². The van der Waals surface area contributed by atoms with E-state index in [9.17, 15) is 14.4 Å². The average Bonchev–Trinajstić information content (AvgIpc) is 2.69. The summed E-state index contributed by atoms with van der Waals surface area (Å²) >= 11 is 0. The third kappa shape index (κ3) is 9.41. The number of nitrogens with zero attached hydrogens (tertiary/aromatic N) is 2. The Kier molecular flexibility index (Phi) is 9.06. The lowest BCUT2D eigenvalue weighted by Gasteiger charge is -2.36. The highest BCUT2D eigenvalue weighted by molar-refractivity contribution is 6.01. The number of rotatable bonds is 3. The van der Waals surface area contributed by atoms with E-state index in [4.69, 9.17) is 14.2 Å². The van der Waals surface area contributed by atoms with E-state index >= 15 is 0 Å². The highest BCUT2D eigenvalue weighted by atomic mass is 16.6. The van der Waals surface area contributed by atoms with E-state index in [1.807, 2.05) is 37.3 Å². The zero-order valence-corrected chi connectivity index (χ0v) is 21.2. The van der Waals surface area contributed by atoms with Gasteiger partial charge in [0.1, 0.15) is 23.6 Å². The third-order valence-corrected chi connectivity index (χ3v) is 4.95. The van der Waals surface area contributed by atoms with Crippen LogP contribution in [0.15, 0.2) is 35.3 Å². The zero-order valence-electron chi connectivity index (χ0n) is 21.2. The van der Waals surface area contributed by atoms with Crippen LogP contribution < -0.4 is 5.32 Å². The number of hydrogen-bond donors (Lipinski definition) is 1. The molecule has 0 aliphatic carbocycles. The van der Waals surface area contributed by atoms with E-state index < -0.39 is 29.5 Å². The minimum absolute atomic E-state index is 0.103. The van der Waals surface area contributed by atoms with Crippen molar-refractivity contribution >= 4 is 24.1 Å². The van der Waals surface area contributed by atoms with Crippen LogP contribution in [0, 0.1) is 11.8 Å². The lowest BCUT2D eigenvalue weighted by atomic mass is 9.86. The maximum absolute atomic E-state index is 12.6. The number of hydrogen-bond acceptors (Lipinski definition) is 6. The Hall–Kier alpha value is -3.10. The summed E-state index contributed by atoms with van der Waals surface area (Å²) in [6.45, 7) is 13.4. The lowest BCUT2D eigenvalue weighted by molar-refractivity contribution is 0.0546. The Balaban J connectivity index is 2.08. The maximum Gasteiger partial charge on any atom is 0.435 e. The van der Waals surface area contributed by atoms with Crippen LogP contribution >= 0.6 is 0 Å². The van der Waals surface area contributed by atoms with Gasteiger partial charge in [0.15, 0.2) is 0 Å². The van der Waals surface area contributed by atoms with E-state index in [1.165, 1.54) is 0 Å². The van der Waals surface area contributed by atoms with E-state index in [0.717, 1.165) is 5.56 Å². The maximum atomic E-state index is 12.6. The van der Waals surface area contributed by atoms with Crippen molar-refractivity contribution in [3.8, 4) is 0 Å². The molecule has 9 heteroatoms. The molecular weight excluding hydrogens is 438 g/mol. The summed E-state index contributed by atoms with van der Waals surface area (Å²) in [6, 6.07) is 9.47. The fourth-order valence-electron chi connectivity index (χ4n) is 3.52. The molecule has 1 heterocycles. The van der Waals surface area contributed by atoms with Gasteiger partial charge in [0.05, 0.1) is 0 Å². The summed E-state index contributed by atoms with van der Waals surface area (Å²) in [6.07, 6.45) is -1.42. The highest BCUT2D eigenvalue weighted by Crippen LogP contribution is 2.26. The summed E-state index contributed by atoms with van der Waals surface area (Å²) in [5, 5.41) is 2.63. The van der Waals surface area contributed by atoms with Gasteiger partial charge in [0.2, 0.25) is 0 Å². The van der Waals surface area contributed by atoms with E-state index in [0.29, 0.717) is 19.5 Å². The third-order valence-electron chi connectivity index (χ3n) is 4.95. The number of ether oxygens (including phenoxy) is 3. The van der Waals surface area contributed by atoms with Crippen molar-refractivity contribution in [2.45, 2.75) is 72.7 Å². The number of piperidine rings is 1. The van der Waals surface area contributed by atoms with Gasteiger partial charge in [0.25, 0.3) is 0 Å². The van der Waals surface area contributed by atoms with Gasteiger partial charge in [-0.1, -0.05) is 37.3 Å². The van der Waals surface area contributed by atoms with E-state index in [-0.39, 0.29) is 24.3 Å². The normalized spacial score (nSPS) is 19.3. The van der Waals surface area contributed by atoms with E-state index in [2.05, 4.69) is 10.3 Å². The molecule has 1 N–H and O–H groups in total. The van der Waals surface area contributed by atoms with Crippen molar-refractivity contribution in [2.75, 3.05) is 13.1 Å². The van der Waals surface area contributed by atoms with Crippen LogP contribution in [-0.2, 0) is 20.8 Å². The number of nitrogens with one attached hydrogen (secondary N) is 1. The van der Waals surface area contributed by atoms with Gasteiger partial charge in [-0.2, -0.15) is 4.99 Å². The SMILES string of the molecule is C[C@@H]1CN(C(=O)OCc2ccccc2)CCC1/C(=N/C(=O)OC(C)(C)C)NC(=O)OC(C)(C)C. The Morgan fingerprint density at radius 2 is 1.65 bits per heavy atom. The van der Waals surface area contributed by atoms with Crippen LogP contribution in [0.3, 0.4) is 0 Å². The smallest absolute Gasteiger partial charge is 0.435 e. The minimum atomic E-state index is -0.796. The molecule has 2 atom stereocenters. The molecule has 1 fully saturated rings. The van der Waals surface area contributed by atoms with Gasteiger partial charge in [-0.3, -0.25) is 5.32 Å². The van der Waals surface area contributed by atoms with Crippen LogP contribution in [0.25, 0.3) is 0 Å². The molecule has 3 amide bonds. The molecule has 0 bridgehead atoms. The molecular formula is C25H37N3O6. The monoisotopic (exact) mass is 475 g/mol. The van der Waals surface area contributed by atoms with E-state index in [1.54, 1.807) is 46.4 Å². The Morgan fingerprint density at radius 1 is 1.03 bits per heavy atom. The number of alkyl carbamates (subject to hydrolysis) is 1. The molecule has 1 aromatic rings. The molecule has 188 valence electrons. The first kappa shape index (κ1) is 27.1. The van der Waals surface area contributed by atoms with Gasteiger partial charge in [0, 0.05) is 19.0 Å². The van der Waals surface area contributed by atoms with Crippen molar-refractivity contribution in [1.82, 2.24) is 10.2 Å². The van der Waals surface area contributed by atoms with Gasteiger partial charge in [-0.15, -0.1) is 0 Å². The fraction of sp³-hybridized carbons (Fsp3) is 0.600. The van der Waals surface area contributed by atoms with Gasteiger partial charge < -0.3 is 19.1 Å². The fourth-order valence-corrected chi connectivity index (χ4v) is 3.52. The number of amidine groups is 1. The van der Waals surface area contributed by atoms with Crippen LogP contribution in [0.4, 0.5) is 14.4 Å². The van der Waals surface area contributed by atoms with Crippen molar-refractivity contribution in [3.63, 3.8) is 0 Å². The molecule has 1 aliphatic rings. The first-order valence-corrected chi connectivity index (χ1v) is 11.5. The Morgan fingerprint density at radius 3 is 2.21 bits per heavy atom. The number of carbonyl (C=O) groups excluding carboxylic acids is 3. The second-order valence-corrected chi connectivity index (χ2v) is 10.5. The molecule has 0 radical (unpaired) electrons. The summed E-state index contributed by atoms with van der Waals surface area (Å²) in [5.74, 6) is -0.208. The summed E-state index contributed by atoms with van der Waals surface area (Å²) in [5.41, 5.74) is -0.527. The number of likely N-dealkylation sites (tertiary alicyclic amines) is 1. The van der Waals surface area contributed by atoms with Crippen molar-refractivity contribution in [2.24, 2.45) is 16.8 Å². The molecule has 1 aliphatic heterocycles. The molecule has 0 aromatic heterocycles. The summed E-state index contributed by atoms with van der Waals surface area (Å²) in [7, 11) is 0. The summed E-state index contributed by atoms with van der Waals surface area (Å²) < 4.78 is 16.1. The highest BCUT2D eigenvalue weighted by Gasteiger charge is 2.35. The van der Waals surface area contributed by atoms with Crippen molar-refractivity contribution in [3.05, 3.63) is 35.9 Å². The van der Waals surface area contributed by atoms with Crippen LogP contribution in [0.1, 0.15) is 60.5 Å². The molecule has 9 nitrogen and oxygen atoms in total. The van der Waals surface area contributed by atoms with Crippen LogP contribution in [0.5, 0.6) is 0 Å². The number of carbonyl (C=O) groups is 3. The molecule has 0 spiro atoms. The molecule has 1 saturated heterocycles. The molecule has 1 unspecified atom stereocenters. The Bertz CT molecular complexity index is 886. The first-order valence-electron chi connectivity index (χ1n) is 11.5. The predicted molar refractivity (Wildman–Crippen MR) is 129 cm³/mol. The number of benzene rings is 1. The number of aliphatic imine (C=N–C) groups is 1. The standard InChI is InChI=1S/C25H37N3O6/c1-17-15-28(23(31)32-16-18-11-9-8-10-12-18)14-13-19(17)20(26-21(29)33-24(2,3)4)27-22(30)34-25(5,6)7/h8-12,17,19H,13-16H2,1-7H3,(H,26,27,29,30)/t17-,19?/m1/s1. The van der Waals surface area contributed by atoms with Crippen molar-refractivity contribution in [1.29, 1.82) is 0 Å². The number of amides is 3. The quantitative estimate of drug-likeness (QED) is 0.369. The lowest BCUT2D eigenvalue weighted by Crippen LogP contribution is -2.49. The van der Waals surface area contributed by atoms with Gasteiger partial charge in [-0.25, -0.2) is 14.4 Å². The van der Waals surface area contributed by atoms with Gasteiger partial charge >= 0.3 is 18.3 Å². The van der Waals surface area contributed by atoms with Gasteiger partial charge in [-0.05, 0) is 59.4 Å². The molecule has 34 heavy (non-hydrogen) atoms. The van der Waals surface area contributed by atoms with Crippen LogP contribution in [0.2, 0.25) is 0 Å². The van der Waals surface area contributed by atoms with Crippen molar-refractivity contribution < 1.29 is 28.6 Å². The summed E-state index contributed by atoms with van der Waals surface area (Å²) in [4.78, 5) is 43.1. The second-order valence-electron chi connectivity index (χ2n) is 10.5. The average molecular weight is 476 g/mol. The zero-order chi connectivity index (χ0) is 25.5. The Labute approximate surface area is 201 Å².